The molecular weight excluding hydrogens is 124 g/mol. The Labute approximate surface area is 51.7 Å². The van der Waals surface area contributed by atoms with Crippen molar-refractivity contribution in [2.45, 2.75) is 6.42 Å². The maximum atomic E-state index is 9.96. The fourth-order valence-corrected chi connectivity index (χ4v) is 1.21. The van der Waals surface area contributed by atoms with E-state index in [9.17, 15) is 4.79 Å². The number of hydrogen-bond donors (Lipinski definition) is 1. The van der Waals surface area contributed by atoms with Crippen LogP contribution in [0.4, 0.5) is 0 Å². The standard InChI is InChI=1S/C4H6N2OS/c5-4-1-2-6(3-7)8-4/h3,5H,1-2H2. The summed E-state index contributed by atoms with van der Waals surface area (Å²) in [7, 11) is 0. The minimum atomic E-state index is 0.581. The molecule has 3 nitrogen and oxygen atoms in total. The van der Waals surface area contributed by atoms with Gasteiger partial charge >= 0.3 is 0 Å². The molecule has 0 aromatic carbocycles. The van der Waals surface area contributed by atoms with E-state index in [4.69, 9.17) is 5.41 Å². The number of nitrogens with zero attached hydrogens (tertiary/aromatic N) is 1. The first-order valence-electron chi connectivity index (χ1n) is 2.30. The third-order valence-electron chi connectivity index (χ3n) is 0.904. The van der Waals surface area contributed by atoms with Crippen molar-refractivity contribution in [3.8, 4) is 0 Å². The normalized spacial score (nSPS) is 19.5. The monoisotopic (exact) mass is 130 g/mol. The summed E-state index contributed by atoms with van der Waals surface area (Å²) < 4.78 is 1.52. The van der Waals surface area contributed by atoms with Crippen molar-refractivity contribution in [2.75, 3.05) is 6.54 Å². The van der Waals surface area contributed by atoms with Gasteiger partial charge in [0.25, 0.3) is 0 Å². The molecule has 1 saturated heterocycles. The van der Waals surface area contributed by atoms with Crippen molar-refractivity contribution in [1.29, 1.82) is 5.41 Å². The predicted octanol–water partition coefficient (Wildman–Crippen LogP) is 0.474. The van der Waals surface area contributed by atoms with Gasteiger partial charge in [0.15, 0.2) is 0 Å². The van der Waals surface area contributed by atoms with Gasteiger partial charge in [-0.25, -0.2) is 0 Å². The number of hydrogen-bond acceptors (Lipinski definition) is 3. The van der Waals surface area contributed by atoms with Gasteiger partial charge < -0.3 is 0 Å². The number of nitrogens with one attached hydrogen (secondary N) is 1. The van der Waals surface area contributed by atoms with Crippen LogP contribution in [-0.2, 0) is 4.79 Å². The zero-order valence-corrected chi connectivity index (χ0v) is 5.07. The zero-order chi connectivity index (χ0) is 5.98. The van der Waals surface area contributed by atoms with Crippen molar-refractivity contribution in [3.63, 3.8) is 0 Å². The predicted molar refractivity (Wildman–Crippen MR) is 32.7 cm³/mol. The van der Waals surface area contributed by atoms with Crippen LogP contribution in [0.2, 0.25) is 0 Å². The highest BCUT2D eigenvalue weighted by molar-refractivity contribution is 8.12. The summed E-state index contributed by atoms with van der Waals surface area (Å²) >= 11 is 1.21. The average Bonchev–Trinajstić information content (AvgIpc) is 2.14. The minimum Gasteiger partial charge on any atom is -0.297 e. The van der Waals surface area contributed by atoms with E-state index in [1.54, 1.807) is 0 Å². The lowest BCUT2D eigenvalue weighted by molar-refractivity contribution is -0.113. The van der Waals surface area contributed by atoms with Crippen LogP contribution in [0, 0.1) is 5.41 Å². The van der Waals surface area contributed by atoms with Crippen molar-refractivity contribution in [3.05, 3.63) is 0 Å². The molecule has 1 aliphatic rings. The Balaban J connectivity index is 2.43. The van der Waals surface area contributed by atoms with E-state index in [1.165, 1.54) is 16.3 Å². The highest BCUT2D eigenvalue weighted by Gasteiger charge is 2.14. The lowest BCUT2D eigenvalue weighted by Crippen LogP contribution is -2.06. The zero-order valence-electron chi connectivity index (χ0n) is 4.26. The summed E-state index contributed by atoms with van der Waals surface area (Å²) in [5, 5.41) is 7.63. The molecule has 8 heavy (non-hydrogen) atoms. The van der Waals surface area contributed by atoms with Crippen molar-refractivity contribution in [1.82, 2.24) is 4.31 Å². The van der Waals surface area contributed by atoms with Crippen molar-refractivity contribution in [2.24, 2.45) is 0 Å². The molecule has 0 spiro atoms. The Morgan fingerprint density at radius 1 is 1.88 bits per heavy atom. The quantitative estimate of drug-likeness (QED) is 0.414. The molecule has 1 fully saturated rings. The average molecular weight is 130 g/mol. The first-order valence-corrected chi connectivity index (χ1v) is 3.07. The largest absolute Gasteiger partial charge is 0.297 e. The molecule has 0 atom stereocenters. The van der Waals surface area contributed by atoms with Gasteiger partial charge in [0.05, 0.1) is 5.04 Å². The van der Waals surface area contributed by atoms with E-state index in [2.05, 4.69) is 0 Å². The van der Waals surface area contributed by atoms with Gasteiger partial charge in [0, 0.05) is 24.9 Å². The van der Waals surface area contributed by atoms with Crippen LogP contribution >= 0.6 is 11.9 Å². The second kappa shape index (κ2) is 2.17. The first-order chi connectivity index (χ1) is 3.83. The van der Waals surface area contributed by atoms with Gasteiger partial charge in [0.2, 0.25) is 6.41 Å². The Kier molecular flexibility index (Phi) is 1.53. The number of amides is 1. The van der Waals surface area contributed by atoms with Gasteiger partial charge in [-0.1, -0.05) is 0 Å². The summed E-state index contributed by atoms with van der Waals surface area (Å²) in [6, 6.07) is 0. The van der Waals surface area contributed by atoms with Crippen LogP contribution < -0.4 is 0 Å². The van der Waals surface area contributed by atoms with Crippen LogP contribution in [0.15, 0.2) is 0 Å². The molecular formula is C4H6N2OS. The molecule has 0 aromatic rings. The van der Waals surface area contributed by atoms with Crippen LogP contribution in [-0.4, -0.2) is 22.3 Å². The fraction of sp³-hybridized carbons (Fsp3) is 0.500. The van der Waals surface area contributed by atoms with E-state index in [0.717, 1.165) is 12.8 Å². The Morgan fingerprint density at radius 2 is 2.62 bits per heavy atom. The Morgan fingerprint density at radius 3 is 2.88 bits per heavy atom. The molecule has 1 aliphatic heterocycles. The van der Waals surface area contributed by atoms with Crippen molar-refractivity contribution >= 4 is 23.4 Å². The van der Waals surface area contributed by atoms with E-state index < -0.39 is 0 Å². The van der Waals surface area contributed by atoms with Gasteiger partial charge in [-0.2, -0.15) is 0 Å². The lowest BCUT2D eigenvalue weighted by atomic mass is 10.5. The minimum absolute atomic E-state index is 0.581. The van der Waals surface area contributed by atoms with E-state index in [-0.39, 0.29) is 0 Å². The molecule has 0 aliphatic carbocycles. The smallest absolute Gasteiger partial charge is 0.219 e. The molecule has 1 N–H and O–H groups in total. The van der Waals surface area contributed by atoms with Crippen molar-refractivity contribution < 1.29 is 4.79 Å². The first kappa shape index (κ1) is 5.62. The van der Waals surface area contributed by atoms with Gasteiger partial charge in [-0.3, -0.25) is 14.5 Å². The molecule has 1 heterocycles. The van der Waals surface area contributed by atoms with Gasteiger partial charge in [-0.15, -0.1) is 0 Å². The van der Waals surface area contributed by atoms with Gasteiger partial charge in [0.1, 0.15) is 0 Å². The van der Waals surface area contributed by atoms with Gasteiger partial charge in [-0.05, 0) is 0 Å². The summed E-state index contributed by atoms with van der Waals surface area (Å²) in [4.78, 5) is 9.96. The van der Waals surface area contributed by atoms with E-state index in [1.807, 2.05) is 0 Å². The van der Waals surface area contributed by atoms with Crippen LogP contribution in [0.1, 0.15) is 6.42 Å². The summed E-state index contributed by atoms with van der Waals surface area (Å²) in [6.07, 6.45) is 1.48. The Bertz CT molecular complexity index is 125. The second-order valence-corrected chi connectivity index (χ2v) is 2.65. The second-order valence-electron chi connectivity index (χ2n) is 1.51. The molecule has 0 aromatic heterocycles. The molecule has 0 unspecified atom stereocenters. The van der Waals surface area contributed by atoms with E-state index >= 15 is 0 Å². The number of carbonyl (C=O) groups is 1. The molecule has 0 bridgehead atoms. The third kappa shape index (κ3) is 1.01. The maximum Gasteiger partial charge on any atom is 0.219 e. The lowest BCUT2D eigenvalue weighted by Gasteiger charge is -2.00. The highest BCUT2D eigenvalue weighted by Crippen LogP contribution is 2.18. The fourth-order valence-electron chi connectivity index (χ4n) is 0.519. The SMILES string of the molecule is N=C1CCN(C=O)S1. The maximum absolute atomic E-state index is 9.96. The number of rotatable bonds is 1. The molecule has 1 rings (SSSR count). The van der Waals surface area contributed by atoms with Crippen LogP contribution in [0.3, 0.4) is 0 Å². The summed E-state index contributed by atoms with van der Waals surface area (Å²) in [6.45, 7) is 0.701. The third-order valence-corrected chi connectivity index (χ3v) is 1.83. The molecule has 1 amide bonds. The van der Waals surface area contributed by atoms with Crippen LogP contribution in [0.25, 0.3) is 0 Å². The summed E-state index contributed by atoms with van der Waals surface area (Å²) in [5.41, 5.74) is 0. The summed E-state index contributed by atoms with van der Waals surface area (Å²) in [5.74, 6) is 0. The highest BCUT2D eigenvalue weighted by atomic mass is 32.2. The Hall–Kier alpha value is -0.510. The number of carbonyl (C=O) groups excluding carboxylic acids is 1. The molecule has 4 heteroatoms. The molecule has 0 saturated carbocycles. The molecule has 44 valence electrons. The molecule has 0 radical (unpaired) electrons. The van der Waals surface area contributed by atoms with E-state index in [0.29, 0.717) is 11.6 Å². The van der Waals surface area contributed by atoms with Crippen LogP contribution in [0.5, 0.6) is 0 Å². The topological polar surface area (TPSA) is 44.2 Å².